The molecular weight excluding hydrogens is 404 g/mol. The summed E-state index contributed by atoms with van der Waals surface area (Å²) in [5.41, 5.74) is 13.9. The van der Waals surface area contributed by atoms with Gasteiger partial charge in [0.05, 0.1) is 17.3 Å². The van der Waals surface area contributed by atoms with Crippen molar-refractivity contribution in [2.24, 2.45) is 11.5 Å². The Morgan fingerprint density at radius 2 is 1.62 bits per heavy atom. The van der Waals surface area contributed by atoms with Crippen LogP contribution in [0.3, 0.4) is 0 Å². The van der Waals surface area contributed by atoms with Crippen molar-refractivity contribution in [1.82, 2.24) is 9.88 Å². The number of pyridine rings is 1. The largest absolute Gasteiger partial charge is 0.355 e. The summed E-state index contributed by atoms with van der Waals surface area (Å²) in [6.07, 6.45) is 2.80. The number of hydrogen-bond donors (Lipinski definition) is 3. The summed E-state index contributed by atoms with van der Waals surface area (Å²) in [7, 11) is 0. The number of fused-ring (bicyclic) bond motifs is 5. The maximum Gasteiger partial charge on any atom is 0.258 e. The molecule has 3 aromatic rings. The van der Waals surface area contributed by atoms with E-state index in [1.54, 1.807) is 22.8 Å². The molecule has 1 aliphatic rings. The van der Waals surface area contributed by atoms with Crippen LogP contribution >= 0.6 is 0 Å². The molecule has 0 spiro atoms. The lowest BCUT2D eigenvalue weighted by molar-refractivity contribution is -0.122. The zero-order valence-corrected chi connectivity index (χ0v) is 18.0. The van der Waals surface area contributed by atoms with E-state index in [0.29, 0.717) is 60.1 Å². The molecule has 1 aromatic heterocycles. The molecule has 4 rings (SSSR count). The Morgan fingerprint density at radius 3 is 2.38 bits per heavy atom. The monoisotopic (exact) mass is 432 g/mol. The van der Waals surface area contributed by atoms with Gasteiger partial charge in [-0.05, 0) is 31.9 Å². The molecule has 32 heavy (non-hydrogen) atoms. The molecule has 7 heteroatoms. The van der Waals surface area contributed by atoms with E-state index < -0.39 is 6.04 Å². The number of nitrogens with one attached hydrogen (secondary N) is 1. The normalized spacial score (nSPS) is 13.1. The average Bonchev–Trinajstić information content (AvgIpc) is 3.11. The van der Waals surface area contributed by atoms with Gasteiger partial charge in [0.25, 0.3) is 5.56 Å². The third kappa shape index (κ3) is 3.97. The number of carbonyl (C=O) groups excluding carboxylic acids is 2. The zero-order chi connectivity index (χ0) is 22.7. The smallest absolute Gasteiger partial charge is 0.258 e. The van der Waals surface area contributed by atoms with Gasteiger partial charge in [-0.25, -0.2) is 0 Å². The quantitative estimate of drug-likeness (QED) is 0.350. The van der Waals surface area contributed by atoms with Crippen LogP contribution < -0.4 is 22.3 Å². The van der Waals surface area contributed by atoms with Crippen molar-refractivity contribution in [2.75, 3.05) is 13.1 Å². The molecule has 1 heterocycles. The molecule has 0 fully saturated rings. The van der Waals surface area contributed by atoms with E-state index in [1.807, 2.05) is 30.3 Å². The van der Waals surface area contributed by atoms with Gasteiger partial charge in [-0.3, -0.25) is 14.4 Å². The molecule has 0 saturated carbocycles. The summed E-state index contributed by atoms with van der Waals surface area (Å²) in [6.45, 7) is 1.37. The number of ketones is 1. The number of carbonyl (C=O) groups is 2. The number of rotatable bonds is 9. The summed E-state index contributed by atoms with van der Waals surface area (Å²) in [5, 5.41) is 4.06. The Bertz CT molecular complexity index is 1230. The van der Waals surface area contributed by atoms with Crippen LogP contribution in [0.2, 0.25) is 0 Å². The highest BCUT2D eigenvalue weighted by molar-refractivity contribution is 6.26. The number of unbranched alkanes of at least 4 members (excludes halogenated alkanes) is 1. The van der Waals surface area contributed by atoms with Gasteiger partial charge < -0.3 is 21.4 Å². The first-order chi connectivity index (χ1) is 15.5. The van der Waals surface area contributed by atoms with Crippen LogP contribution in [0.15, 0.2) is 53.3 Å². The van der Waals surface area contributed by atoms with Crippen molar-refractivity contribution < 1.29 is 9.59 Å². The van der Waals surface area contributed by atoms with Crippen LogP contribution in [0.25, 0.3) is 22.0 Å². The summed E-state index contributed by atoms with van der Waals surface area (Å²) in [6, 6.07) is 14.1. The minimum atomic E-state index is -0.557. The van der Waals surface area contributed by atoms with Gasteiger partial charge in [0.1, 0.15) is 0 Å². The lowest BCUT2D eigenvalue weighted by Gasteiger charge is -2.16. The Kier molecular flexibility index (Phi) is 6.48. The maximum atomic E-state index is 13.3. The minimum Gasteiger partial charge on any atom is -0.355 e. The van der Waals surface area contributed by atoms with Gasteiger partial charge >= 0.3 is 0 Å². The highest BCUT2D eigenvalue weighted by Gasteiger charge is 2.32. The molecule has 7 nitrogen and oxygen atoms in total. The van der Waals surface area contributed by atoms with E-state index in [0.717, 1.165) is 18.4 Å². The van der Waals surface area contributed by atoms with Gasteiger partial charge in [0.2, 0.25) is 5.91 Å². The van der Waals surface area contributed by atoms with E-state index in [-0.39, 0.29) is 17.2 Å². The van der Waals surface area contributed by atoms with Crippen molar-refractivity contribution in [3.05, 3.63) is 70.0 Å². The number of nitrogens with zero attached hydrogens (tertiary/aromatic N) is 1. The standard InChI is InChI=1S/C25H28N4O3/c26-13-6-5-12-20(27)24(31)28-14-7-15-29-22-17-9-2-3-10-18(17)23(30)21(22)16-8-1-4-11-19(16)25(29)32/h1-4,8-11,20H,5-7,12-15,26-27H2,(H,28,31)/t20-/m1/s1. The molecule has 1 aliphatic carbocycles. The first kappa shape index (κ1) is 21.9. The van der Waals surface area contributed by atoms with Crippen LogP contribution in [-0.2, 0) is 11.3 Å². The van der Waals surface area contributed by atoms with Gasteiger partial charge in [0.15, 0.2) is 5.78 Å². The Labute approximate surface area is 186 Å². The first-order valence-electron chi connectivity index (χ1n) is 11.1. The van der Waals surface area contributed by atoms with E-state index in [1.165, 1.54) is 0 Å². The van der Waals surface area contributed by atoms with Crippen molar-refractivity contribution in [3.8, 4) is 11.3 Å². The molecule has 0 radical (unpaired) electrons. The third-order valence-electron chi connectivity index (χ3n) is 6.00. The molecule has 1 amide bonds. The molecule has 5 N–H and O–H groups in total. The second kappa shape index (κ2) is 9.46. The fraction of sp³-hybridized carbons (Fsp3) is 0.320. The molecule has 0 aliphatic heterocycles. The highest BCUT2D eigenvalue weighted by Crippen LogP contribution is 2.39. The Balaban J connectivity index is 1.57. The van der Waals surface area contributed by atoms with Gasteiger partial charge in [-0.2, -0.15) is 0 Å². The first-order valence-corrected chi connectivity index (χ1v) is 11.1. The molecule has 2 aromatic carbocycles. The number of amides is 1. The minimum absolute atomic E-state index is 0.0581. The van der Waals surface area contributed by atoms with Crippen LogP contribution in [0, 0.1) is 0 Å². The number of aromatic nitrogens is 1. The predicted molar refractivity (Wildman–Crippen MR) is 126 cm³/mol. The number of benzene rings is 2. The van der Waals surface area contributed by atoms with Crippen molar-refractivity contribution in [1.29, 1.82) is 0 Å². The lowest BCUT2D eigenvalue weighted by Crippen LogP contribution is -2.41. The molecule has 0 bridgehead atoms. The van der Waals surface area contributed by atoms with Crippen molar-refractivity contribution >= 4 is 22.5 Å². The fourth-order valence-corrected chi connectivity index (χ4v) is 4.36. The SMILES string of the molecule is NCCCC[C@@H](N)C(=O)NCCCn1c2c(c3ccccc3c1=O)C(=O)c1ccccc1-2. The van der Waals surface area contributed by atoms with Gasteiger partial charge in [-0.1, -0.05) is 48.9 Å². The third-order valence-corrected chi connectivity index (χ3v) is 6.00. The van der Waals surface area contributed by atoms with Gasteiger partial charge in [-0.15, -0.1) is 0 Å². The topological polar surface area (TPSA) is 120 Å². The number of nitrogens with two attached hydrogens (primary N) is 2. The van der Waals surface area contributed by atoms with Crippen LogP contribution in [0.5, 0.6) is 0 Å². The second-order valence-electron chi connectivity index (χ2n) is 8.14. The number of hydrogen-bond acceptors (Lipinski definition) is 5. The second-order valence-corrected chi connectivity index (χ2v) is 8.14. The zero-order valence-electron chi connectivity index (χ0n) is 18.0. The average molecular weight is 433 g/mol. The van der Waals surface area contributed by atoms with Crippen LogP contribution in [0.4, 0.5) is 0 Å². The van der Waals surface area contributed by atoms with E-state index in [9.17, 15) is 14.4 Å². The summed E-state index contributed by atoms with van der Waals surface area (Å²) in [4.78, 5) is 38.7. The fourth-order valence-electron chi connectivity index (χ4n) is 4.36. The maximum absolute atomic E-state index is 13.3. The van der Waals surface area contributed by atoms with Crippen molar-refractivity contribution in [2.45, 2.75) is 38.3 Å². The van der Waals surface area contributed by atoms with Crippen molar-refractivity contribution in [3.63, 3.8) is 0 Å². The Hall–Kier alpha value is -3.29. The van der Waals surface area contributed by atoms with Crippen LogP contribution in [0.1, 0.15) is 41.6 Å². The summed E-state index contributed by atoms with van der Waals surface area (Å²) < 4.78 is 1.68. The van der Waals surface area contributed by atoms with E-state index in [4.69, 9.17) is 11.5 Å². The lowest BCUT2D eigenvalue weighted by atomic mass is 10.0. The molecule has 0 unspecified atom stereocenters. The van der Waals surface area contributed by atoms with Gasteiger partial charge in [0, 0.05) is 35.0 Å². The predicted octanol–water partition coefficient (Wildman–Crippen LogP) is 2.18. The van der Waals surface area contributed by atoms with E-state index >= 15 is 0 Å². The molecular formula is C25H28N4O3. The molecule has 166 valence electrons. The molecule has 0 saturated heterocycles. The summed E-state index contributed by atoms with van der Waals surface area (Å²) >= 11 is 0. The van der Waals surface area contributed by atoms with E-state index in [2.05, 4.69) is 5.32 Å². The highest BCUT2D eigenvalue weighted by atomic mass is 16.2. The summed E-state index contributed by atoms with van der Waals surface area (Å²) in [5.74, 6) is -0.254. The Morgan fingerprint density at radius 1 is 0.938 bits per heavy atom. The molecule has 1 atom stereocenters. The van der Waals surface area contributed by atoms with Crippen LogP contribution in [-0.4, -0.2) is 35.4 Å².